The Balaban J connectivity index is 1.97. The van der Waals surface area contributed by atoms with Gasteiger partial charge in [0.1, 0.15) is 0 Å². The Labute approximate surface area is 108 Å². The minimum Gasteiger partial charge on any atom is -0.398 e. The monoisotopic (exact) mass is 248 g/mol. The Morgan fingerprint density at radius 2 is 2.33 bits per heavy atom. The van der Waals surface area contributed by atoms with Crippen LogP contribution in [0.4, 0.5) is 5.69 Å². The number of carbonyl (C=O) groups is 1. The van der Waals surface area contributed by atoms with E-state index < -0.39 is 0 Å². The number of aryl methyl sites for hydroxylation is 1. The van der Waals surface area contributed by atoms with Crippen LogP contribution in [0, 0.1) is 12.8 Å². The van der Waals surface area contributed by atoms with Gasteiger partial charge >= 0.3 is 0 Å². The van der Waals surface area contributed by atoms with Crippen LogP contribution in [-0.2, 0) is 4.74 Å². The van der Waals surface area contributed by atoms with E-state index in [0.717, 1.165) is 18.6 Å². The predicted octanol–water partition coefficient (Wildman–Crippen LogP) is 1.73. The van der Waals surface area contributed by atoms with Crippen LogP contribution in [0.1, 0.15) is 29.3 Å². The molecular formula is C14H20N2O2. The topological polar surface area (TPSA) is 64.3 Å². The zero-order chi connectivity index (χ0) is 13.1. The minimum absolute atomic E-state index is 0.102. The summed E-state index contributed by atoms with van der Waals surface area (Å²) >= 11 is 0. The van der Waals surface area contributed by atoms with Gasteiger partial charge in [-0.2, -0.15) is 0 Å². The molecule has 2 atom stereocenters. The smallest absolute Gasteiger partial charge is 0.253 e. The predicted molar refractivity (Wildman–Crippen MR) is 71.4 cm³/mol. The average molecular weight is 248 g/mol. The molecule has 0 bridgehead atoms. The molecule has 2 rings (SSSR count). The van der Waals surface area contributed by atoms with Crippen molar-refractivity contribution in [3.05, 3.63) is 29.3 Å². The fourth-order valence-electron chi connectivity index (χ4n) is 2.24. The highest BCUT2D eigenvalue weighted by Crippen LogP contribution is 2.20. The fourth-order valence-corrected chi connectivity index (χ4v) is 2.24. The van der Waals surface area contributed by atoms with Crippen LogP contribution in [0.3, 0.4) is 0 Å². The van der Waals surface area contributed by atoms with Crippen LogP contribution in [0.15, 0.2) is 18.2 Å². The molecule has 1 aliphatic rings. The molecule has 0 radical (unpaired) electrons. The summed E-state index contributed by atoms with van der Waals surface area (Å²) in [7, 11) is 0. The zero-order valence-electron chi connectivity index (χ0n) is 10.9. The number of nitrogen functional groups attached to an aromatic ring is 1. The third kappa shape index (κ3) is 2.64. The van der Waals surface area contributed by atoms with Gasteiger partial charge in [-0.1, -0.05) is 12.1 Å². The summed E-state index contributed by atoms with van der Waals surface area (Å²) in [5.74, 6) is 0.301. The van der Waals surface area contributed by atoms with Crippen molar-refractivity contribution in [2.75, 3.05) is 18.9 Å². The molecule has 1 aromatic carbocycles. The number of carbonyl (C=O) groups excluding carboxylic acids is 1. The van der Waals surface area contributed by atoms with E-state index in [1.165, 1.54) is 0 Å². The number of amides is 1. The lowest BCUT2D eigenvalue weighted by Crippen LogP contribution is -2.32. The first kappa shape index (κ1) is 12.9. The van der Waals surface area contributed by atoms with Crippen molar-refractivity contribution in [1.29, 1.82) is 0 Å². The van der Waals surface area contributed by atoms with Gasteiger partial charge in [0.2, 0.25) is 0 Å². The Kier molecular flexibility index (Phi) is 3.87. The van der Waals surface area contributed by atoms with E-state index >= 15 is 0 Å². The van der Waals surface area contributed by atoms with E-state index in [1.54, 1.807) is 6.07 Å². The normalized spacial score (nSPS) is 23.0. The number of nitrogens with one attached hydrogen (secondary N) is 1. The molecule has 3 N–H and O–H groups in total. The number of anilines is 1. The molecule has 1 aromatic rings. The lowest BCUT2D eigenvalue weighted by molar-refractivity contribution is 0.0908. The summed E-state index contributed by atoms with van der Waals surface area (Å²) in [5.41, 5.74) is 7.96. The maximum atomic E-state index is 12.0. The summed E-state index contributed by atoms with van der Waals surface area (Å²) in [6, 6.07) is 5.51. The molecule has 1 fully saturated rings. The van der Waals surface area contributed by atoms with Crippen molar-refractivity contribution in [3.8, 4) is 0 Å². The summed E-state index contributed by atoms with van der Waals surface area (Å²) in [5, 5.41) is 2.94. The minimum atomic E-state index is -0.102. The van der Waals surface area contributed by atoms with E-state index in [1.807, 2.05) is 26.0 Å². The molecule has 1 amide bonds. The van der Waals surface area contributed by atoms with Crippen LogP contribution >= 0.6 is 0 Å². The van der Waals surface area contributed by atoms with Gasteiger partial charge in [0.25, 0.3) is 5.91 Å². The van der Waals surface area contributed by atoms with E-state index in [4.69, 9.17) is 10.5 Å². The van der Waals surface area contributed by atoms with Gasteiger partial charge in [0.05, 0.1) is 11.7 Å². The number of hydrogen-bond donors (Lipinski definition) is 2. The molecule has 1 heterocycles. The number of rotatable bonds is 3. The van der Waals surface area contributed by atoms with Crippen LogP contribution in [0.2, 0.25) is 0 Å². The zero-order valence-corrected chi connectivity index (χ0v) is 10.9. The molecule has 0 aromatic heterocycles. The molecule has 0 aliphatic carbocycles. The third-order valence-electron chi connectivity index (χ3n) is 3.63. The number of ether oxygens (including phenoxy) is 1. The summed E-state index contributed by atoms with van der Waals surface area (Å²) in [4.78, 5) is 12.0. The maximum Gasteiger partial charge on any atom is 0.253 e. The van der Waals surface area contributed by atoms with E-state index in [9.17, 15) is 4.79 Å². The highest BCUT2D eigenvalue weighted by Gasteiger charge is 2.24. The molecule has 4 heteroatoms. The quantitative estimate of drug-likeness (QED) is 0.801. The van der Waals surface area contributed by atoms with Crippen LogP contribution in [0.5, 0.6) is 0 Å². The van der Waals surface area contributed by atoms with Gasteiger partial charge in [-0.15, -0.1) is 0 Å². The van der Waals surface area contributed by atoms with E-state index in [0.29, 0.717) is 23.7 Å². The first-order valence-corrected chi connectivity index (χ1v) is 6.34. The molecule has 18 heavy (non-hydrogen) atoms. The summed E-state index contributed by atoms with van der Waals surface area (Å²) in [6.07, 6.45) is 1.23. The molecule has 1 aliphatic heterocycles. The van der Waals surface area contributed by atoms with Crippen LogP contribution in [0.25, 0.3) is 0 Å². The van der Waals surface area contributed by atoms with Gasteiger partial charge in [0, 0.05) is 24.8 Å². The molecular weight excluding hydrogens is 228 g/mol. The third-order valence-corrected chi connectivity index (χ3v) is 3.63. The average Bonchev–Trinajstić information content (AvgIpc) is 2.75. The summed E-state index contributed by atoms with van der Waals surface area (Å²) in [6.45, 7) is 5.38. The Hall–Kier alpha value is -1.55. The lowest BCUT2D eigenvalue weighted by Gasteiger charge is -2.15. The first-order valence-electron chi connectivity index (χ1n) is 6.34. The highest BCUT2D eigenvalue weighted by atomic mass is 16.5. The highest BCUT2D eigenvalue weighted by molar-refractivity contribution is 5.99. The second-order valence-electron chi connectivity index (χ2n) is 4.87. The van der Waals surface area contributed by atoms with Gasteiger partial charge in [-0.3, -0.25) is 4.79 Å². The number of nitrogens with two attached hydrogens (primary N) is 1. The van der Waals surface area contributed by atoms with Crippen LogP contribution in [-0.4, -0.2) is 25.2 Å². The van der Waals surface area contributed by atoms with Gasteiger partial charge in [-0.25, -0.2) is 0 Å². The lowest BCUT2D eigenvalue weighted by atomic mass is 10.0. The van der Waals surface area contributed by atoms with Crippen molar-refractivity contribution in [1.82, 2.24) is 5.32 Å². The SMILES string of the molecule is Cc1cccc(C(=O)NCC2CCOC2C)c1N. The van der Waals surface area contributed by atoms with Gasteiger partial charge in [0.15, 0.2) is 0 Å². The van der Waals surface area contributed by atoms with Crippen molar-refractivity contribution in [2.45, 2.75) is 26.4 Å². The Bertz CT molecular complexity index is 445. The molecule has 4 nitrogen and oxygen atoms in total. The molecule has 0 saturated carbocycles. The second-order valence-corrected chi connectivity index (χ2v) is 4.87. The molecule has 1 saturated heterocycles. The Morgan fingerprint density at radius 3 is 3.00 bits per heavy atom. The van der Waals surface area contributed by atoms with Gasteiger partial charge < -0.3 is 15.8 Å². The summed E-state index contributed by atoms with van der Waals surface area (Å²) < 4.78 is 5.47. The fraction of sp³-hybridized carbons (Fsp3) is 0.500. The molecule has 98 valence electrons. The van der Waals surface area contributed by atoms with Gasteiger partial charge in [-0.05, 0) is 31.9 Å². The first-order chi connectivity index (χ1) is 8.59. The Morgan fingerprint density at radius 1 is 1.56 bits per heavy atom. The maximum absolute atomic E-state index is 12.0. The molecule has 2 unspecified atom stereocenters. The number of benzene rings is 1. The van der Waals surface area contributed by atoms with Crippen molar-refractivity contribution >= 4 is 11.6 Å². The molecule has 0 spiro atoms. The number of para-hydroxylation sites is 1. The van der Waals surface area contributed by atoms with Crippen LogP contribution < -0.4 is 11.1 Å². The largest absolute Gasteiger partial charge is 0.398 e. The van der Waals surface area contributed by atoms with Crippen molar-refractivity contribution < 1.29 is 9.53 Å². The number of hydrogen-bond acceptors (Lipinski definition) is 3. The van der Waals surface area contributed by atoms with Crippen molar-refractivity contribution in [2.24, 2.45) is 5.92 Å². The van der Waals surface area contributed by atoms with E-state index in [2.05, 4.69) is 5.32 Å². The van der Waals surface area contributed by atoms with Crippen molar-refractivity contribution in [3.63, 3.8) is 0 Å². The standard InChI is InChI=1S/C14H20N2O2/c1-9-4-3-5-12(13(9)15)14(17)16-8-11-6-7-18-10(11)2/h3-5,10-11H,6-8,15H2,1-2H3,(H,16,17). The second kappa shape index (κ2) is 5.40. The van der Waals surface area contributed by atoms with E-state index in [-0.39, 0.29) is 12.0 Å².